The summed E-state index contributed by atoms with van der Waals surface area (Å²) >= 11 is 13.1. The van der Waals surface area contributed by atoms with Crippen LogP contribution in [0.15, 0.2) is 42.7 Å². The van der Waals surface area contributed by atoms with E-state index in [1.807, 2.05) is 0 Å². The summed E-state index contributed by atoms with van der Waals surface area (Å²) in [6.07, 6.45) is 0. The van der Waals surface area contributed by atoms with Crippen molar-refractivity contribution in [3.8, 4) is 0 Å². The predicted molar refractivity (Wildman–Crippen MR) is 89.4 cm³/mol. The third kappa shape index (κ3) is 2.30. The lowest BCUT2D eigenvalue weighted by atomic mass is 10.1. The first kappa shape index (κ1) is 15.2. The van der Waals surface area contributed by atoms with Crippen molar-refractivity contribution in [3.05, 3.63) is 42.7 Å². The molecular weight excluding hydrogens is 291 g/mol. The molecule has 2 rings (SSSR count). The maximum absolute atomic E-state index is 6.56. The fourth-order valence-electron chi connectivity index (χ4n) is 3.00. The van der Waals surface area contributed by atoms with E-state index in [0.717, 1.165) is 10.1 Å². The highest BCUT2D eigenvalue weighted by atomic mass is 35.5. The molecule has 2 aliphatic rings. The zero-order valence-corrected chi connectivity index (χ0v) is 15.5. The Morgan fingerprint density at radius 2 is 1.05 bits per heavy atom. The first-order chi connectivity index (χ1) is 8.77. The second-order valence-corrected chi connectivity index (χ2v) is 8.47. The van der Waals surface area contributed by atoms with E-state index in [1.54, 1.807) is 0 Å². The summed E-state index contributed by atoms with van der Waals surface area (Å²) in [5.74, 6) is 0.792. The minimum atomic E-state index is -0.573. The molecule has 0 radical (unpaired) electrons. The lowest BCUT2D eigenvalue weighted by molar-refractivity contribution is 0.858. The van der Waals surface area contributed by atoms with Gasteiger partial charge in [-0.25, -0.2) is 0 Å². The van der Waals surface area contributed by atoms with Gasteiger partial charge >= 0.3 is 0 Å². The van der Waals surface area contributed by atoms with Crippen molar-refractivity contribution in [3.63, 3.8) is 0 Å². The molecule has 0 aromatic heterocycles. The number of hydrogen-bond donors (Lipinski definition) is 0. The van der Waals surface area contributed by atoms with Gasteiger partial charge in [0.15, 0.2) is 0 Å². The van der Waals surface area contributed by atoms with Crippen LogP contribution in [-0.4, -0.2) is 9.52 Å². The van der Waals surface area contributed by atoms with E-state index >= 15 is 0 Å². The Morgan fingerprint density at radius 1 is 0.737 bits per heavy atom. The molecule has 19 heavy (non-hydrogen) atoms. The van der Waals surface area contributed by atoms with E-state index in [4.69, 9.17) is 23.2 Å². The van der Waals surface area contributed by atoms with E-state index in [9.17, 15) is 0 Å². The molecule has 3 heteroatoms. The Balaban J connectivity index is 2.39. The average Bonchev–Trinajstić information content (AvgIpc) is 2.68. The van der Waals surface area contributed by atoms with Crippen LogP contribution in [-0.2, 0) is 0 Å². The standard InChI is InChI=1S/C16H22Cl2Si/c1-7-9(3)13(17)15(11(7)5)19-16-12(6)8(2)10(4)14(16)18/h9-10H,19H2,1-6H3. The van der Waals surface area contributed by atoms with Crippen LogP contribution in [0.1, 0.15) is 41.5 Å². The summed E-state index contributed by atoms with van der Waals surface area (Å²) in [6.45, 7) is 13.2. The Hall–Kier alpha value is -0.243. The molecule has 0 N–H and O–H groups in total. The smallest absolute Gasteiger partial charge is 0.0886 e. The van der Waals surface area contributed by atoms with Gasteiger partial charge in [0.1, 0.15) is 0 Å². The molecule has 0 spiro atoms. The topological polar surface area (TPSA) is 0 Å². The maximum atomic E-state index is 6.56. The highest BCUT2D eigenvalue weighted by Gasteiger charge is 2.30. The van der Waals surface area contributed by atoms with Crippen molar-refractivity contribution in [1.82, 2.24) is 0 Å². The molecule has 2 unspecified atom stereocenters. The summed E-state index contributed by atoms with van der Waals surface area (Å²) in [5.41, 5.74) is 5.67. The number of hydrogen-bond acceptors (Lipinski definition) is 0. The average molecular weight is 313 g/mol. The Labute approximate surface area is 129 Å². The second-order valence-electron chi connectivity index (χ2n) is 5.89. The summed E-state index contributed by atoms with van der Waals surface area (Å²) in [7, 11) is -0.573. The summed E-state index contributed by atoms with van der Waals surface area (Å²) in [6, 6.07) is 0. The predicted octanol–water partition coefficient (Wildman–Crippen LogP) is 5.03. The van der Waals surface area contributed by atoms with Crippen LogP contribution >= 0.6 is 23.2 Å². The first-order valence-electron chi connectivity index (χ1n) is 6.89. The molecule has 0 amide bonds. The molecule has 2 aliphatic carbocycles. The monoisotopic (exact) mass is 312 g/mol. The van der Waals surface area contributed by atoms with Gasteiger partial charge in [-0.15, -0.1) is 0 Å². The van der Waals surface area contributed by atoms with Gasteiger partial charge in [-0.1, -0.05) is 59.3 Å². The largest absolute Gasteiger partial charge is 0.0912 e. The third-order valence-electron chi connectivity index (χ3n) is 5.08. The van der Waals surface area contributed by atoms with E-state index in [2.05, 4.69) is 41.5 Å². The molecule has 0 aliphatic heterocycles. The lowest BCUT2D eigenvalue weighted by Gasteiger charge is -2.10. The van der Waals surface area contributed by atoms with Crippen molar-refractivity contribution in [2.45, 2.75) is 41.5 Å². The van der Waals surface area contributed by atoms with E-state index < -0.39 is 9.52 Å². The Kier molecular flexibility index (Phi) is 4.20. The van der Waals surface area contributed by atoms with Gasteiger partial charge in [0.05, 0.1) is 9.52 Å². The summed E-state index contributed by atoms with van der Waals surface area (Å²) < 4.78 is 0. The van der Waals surface area contributed by atoms with Crippen LogP contribution in [0.3, 0.4) is 0 Å². The van der Waals surface area contributed by atoms with Gasteiger partial charge in [-0.3, -0.25) is 0 Å². The first-order valence-corrected chi connectivity index (χ1v) is 9.06. The van der Waals surface area contributed by atoms with Crippen LogP contribution in [0.5, 0.6) is 0 Å². The molecule has 0 nitrogen and oxygen atoms in total. The van der Waals surface area contributed by atoms with Crippen LogP contribution in [0.4, 0.5) is 0 Å². The molecule has 0 heterocycles. The van der Waals surface area contributed by atoms with E-state index in [-0.39, 0.29) is 0 Å². The van der Waals surface area contributed by atoms with Gasteiger partial charge in [-0.05, 0) is 38.1 Å². The molecule has 0 aromatic rings. The van der Waals surface area contributed by atoms with Crippen LogP contribution in [0, 0.1) is 11.8 Å². The fraction of sp³-hybridized carbons (Fsp3) is 0.500. The molecule has 0 aromatic carbocycles. The van der Waals surface area contributed by atoms with Crippen molar-refractivity contribution < 1.29 is 0 Å². The van der Waals surface area contributed by atoms with Gasteiger partial charge in [-0.2, -0.15) is 0 Å². The summed E-state index contributed by atoms with van der Waals surface area (Å²) in [4.78, 5) is 0. The van der Waals surface area contributed by atoms with Crippen LogP contribution < -0.4 is 0 Å². The lowest BCUT2D eigenvalue weighted by Crippen LogP contribution is -2.04. The molecule has 0 bridgehead atoms. The highest BCUT2D eigenvalue weighted by Crippen LogP contribution is 2.43. The SMILES string of the molecule is CC1=C(C)C(C)C(Cl)=C1[SiH2]C1=C(Cl)C(C)C(C)=C1C. The maximum Gasteiger partial charge on any atom is 0.0912 e. The second kappa shape index (κ2) is 5.27. The normalized spacial score (nSPS) is 29.1. The van der Waals surface area contributed by atoms with Gasteiger partial charge in [0, 0.05) is 21.9 Å². The van der Waals surface area contributed by atoms with Crippen molar-refractivity contribution in [2.75, 3.05) is 0 Å². The Morgan fingerprint density at radius 3 is 1.26 bits per heavy atom. The highest BCUT2D eigenvalue weighted by molar-refractivity contribution is 6.61. The summed E-state index contributed by atoms with van der Waals surface area (Å²) in [5, 5.41) is 4.95. The number of halogens is 2. The number of allylic oxidation sites excluding steroid dienone is 8. The van der Waals surface area contributed by atoms with E-state index in [0.29, 0.717) is 11.8 Å². The minimum absolute atomic E-state index is 0.396. The number of rotatable bonds is 2. The fourth-order valence-corrected chi connectivity index (χ4v) is 6.40. The van der Waals surface area contributed by atoms with Gasteiger partial charge in [0.25, 0.3) is 0 Å². The molecule has 2 atom stereocenters. The Bertz CT molecular complexity index is 511. The van der Waals surface area contributed by atoms with Crippen LogP contribution in [0.2, 0.25) is 0 Å². The van der Waals surface area contributed by atoms with Gasteiger partial charge < -0.3 is 0 Å². The van der Waals surface area contributed by atoms with Crippen molar-refractivity contribution in [1.29, 1.82) is 0 Å². The van der Waals surface area contributed by atoms with Crippen molar-refractivity contribution >= 4 is 32.7 Å². The van der Waals surface area contributed by atoms with Gasteiger partial charge in [0.2, 0.25) is 0 Å². The molecule has 104 valence electrons. The molecular formula is C16H22Cl2Si. The van der Waals surface area contributed by atoms with E-state index in [1.165, 1.54) is 32.7 Å². The van der Waals surface area contributed by atoms with Crippen LogP contribution in [0.25, 0.3) is 0 Å². The molecule has 0 fully saturated rings. The quantitative estimate of drug-likeness (QED) is 0.627. The van der Waals surface area contributed by atoms with Crippen molar-refractivity contribution in [2.24, 2.45) is 11.8 Å². The zero-order chi connectivity index (χ0) is 14.5. The molecule has 0 saturated carbocycles. The zero-order valence-electron chi connectivity index (χ0n) is 12.6. The molecule has 0 saturated heterocycles. The minimum Gasteiger partial charge on any atom is -0.0886 e. The third-order valence-corrected chi connectivity index (χ3v) is 9.17.